The van der Waals surface area contributed by atoms with E-state index in [1.165, 1.54) is 0 Å². The molecule has 0 spiro atoms. The average molecular weight is 297 g/mol. The fraction of sp³-hybridized carbons (Fsp3) is 0.571. The maximum absolute atomic E-state index is 12.7. The molecular weight excluding hydrogens is 274 g/mol. The van der Waals surface area contributed by atoms with Crippen LogP contribution in [0.1, 0.15) is 18.4 Å². The quantitative estimate of drug-likeness (QED) is 0.854. The van der Waals surface area contributed by atoms with E-state index in [2.05, 4.69) is 4.90 Å². The van der Waals surface area contributed by atoms with Gasteiger partial charge in [0.1, 0.15) is 4.90 Å². The maximum Gasteiger partial charge on any atom is 0.245 e. The average Bonchev–Trinajstić information content (AvgIpc) is 2.38. The number of likely N-dealkylation sites (N-methyl/N-ethyl adjacent to an activating group) is 1. The van der Waals surface area contributed by atoms with E-state index in [1.54, 1.807) is 22.5 Å². The highest BCUT2D eigenvalue weighted by atomic mass is 32.2. The number of benzene rings is 1. The fourth-order valence-corrected chi connectivity index (χ4v) is 4.22. The summed E-state index contributed by atoms with van der Waals surface area (Å²) in [4.78, 5) is 2.31. The minimum atomic E-state index is -3.49. The van der Waals surface area contributed by atoms with Gasteiger partial charge >= 0.3 is 0 Å². The summed E-state index contributed by atoms with van der Waals surface area (Å²) >= 11 is 0. The van der Waals surface area contributed by atoms with Gasteiger partial charge in [0.15, 0.2) is 0 Å². The monoisotopic (exact) mass is 297 g/mol. The Hall–Kier alpha value is -1.11. The fourth-order valence-electron chi connectivity index (χ4n) is 2.60. The van der Waals surface area contributed by atoms with Gasteiger partial charge in [-0.3, -0.25) is 0 Å². The standard InChI is InChI=1S/C14H23N3O2S/c1-11-6-7-14(13(15)9-11)20(18,19)17-8-4-5-12(10-17)16(2)3/h6-7,9,12H,4-5,8,10,15H2,1-3H3. The first-order chi connectivity index (χ1) is 9.32. The van der Waals surface area contributed by atoms with Crippen LogP contribution in [0.3, 0.4) is 0 Å². The van der Waals surface area contributed by atoms with Crippen LogP contribution in [0, 0.1) is 6.92 Å². The van der Waals surface area contributed by atoms with E-state index in [-0.39, 0.29) is 10.9 Å². The molecule has 20 heavy (non-hydrogen) atoms. The predicted molar refractivity (Wildman–Crippen MR) is 81.1 cm³/mol. The van der Waals surface area contributed by atoms with Gasteiger partial charge in [-0.2, -0.15) is 4.31 Å². The van der Waals surface area contributed by atoms with Crippen LogP contribution in [0.5, 0.6) is 0 Å². The van der Waals surface area contributed by atoms with Crippen molar-refractivity contribution in [1.29, 1.82) is 0 Å². The Morgan fingerprint density at radius 3 is 2.65 bits per heavy atom. The molecule has 5 nitrogen and oxygen atoms in total. The molecule has 1 atom stereocenters. The van der Waals surface area contributed by atoms with Crippen molar-refractivity contribution in [3.8, 4) is 0 Å². The van der Waals surface area contributed by atoms with Crippen LogP contribution in [-0.2, 0) is 10.0 Å². The van der Waals surface area contributed by atoms with Gasteiger partial charge in [-0.15, -0.1) is 0 Å². The summed E-state index contributed by atoms with van der Waals surface area (Å²) in [5.41, 5.74) is 7.19. The Morgan fingerprint density at radius 1 is 1.35 bits per heavy atom. The third kappa shape index (κ3) is 2.97. The first-order valence-corrected chi connectivity index (χ1v) is 8.29. The smallest absolute Gasteiger partial charge is 0.245 e. The number of nitrogens with two attached hydrogens (primary N) is 1. The highest BCUT2D eigenvalue weighted by Crippen LogP contribution is 2.26. The summed E-state index contributed by atoms with van der Waals surface area (Å²) in [6.07, 6.45) is 1.91. The Bertz CT molecular complexity index is 584. The van der Waals surface area contributed by atoms with E-state index in [9.17, 15) is 8.42 Å². The SMILES string of the molecule is Cc1ccc(S(=O)(=O)N2CCCC(N(C)C)C2)c(N)c1. The second-order valence-corrected chi connectivity index (χ2v) is 7.57. The van der Waals surface area contributed by atoms with Crippen LogP contribution in [0.4, 0.5) is 5.69 Å². The van der Waals surface area contributed by atoms with Crippen molar-refractivity contribution in [2.75, 3.05) is 32.9 Å². The van der Waals surface area contributed by atoms with Crippen molar-refractivity contribution < 1.29 is 8.42 Å². The Kier molecular flexibility index (Phi) is 4.36. The largest absolute Gasteiger partial charge is 0.398 e. The van der Waals surface area contributed by atoms with Crippen LogP contribution in [0.2, 0.25) is 0 Å². The molecule has 0 radical (unpaired) electrons. The normalized spacial score (nSPS) is 21.3. The van der Waals surface area contributed by atoms with Gasteiger partial charge in [-0.05, 0) is 51.6 Å². The van der Waals surface area contributed by atoms with Gasteiger partial charge in [0, 0.05) is 19.1 Å². The van der Waals surface area contributed by atoms with E-state index < -0.39 is 10.0 Å². The second-order valence-electron chi connectivity index (χ2n) is 5.66. The molecule has 1 unspecified atom stereocenters. The van der Waals surface area contributed by atoms with Crippen molar-refractivity contribution >= 4 is 15.7 Å². The number of rotatable bonds is 3. The number of aryl methyl sites for hydroxylation is 1. The Morgan fingerprint density at radius 2 is 2.05 bits per heavy atom. The lowest BCUT2D eigenvalue weighted by Crippen LogP contribution is -2.47. The molecule has 1 heterocycles. The molecule has 2 N–H and O–H groups in total. The minimum Gasteiger partial charge on any atom is -0.398 e. The number of piperidine rings is 1. The number of hydrogen-bond donors (Lipinski definition) is 1. The van der Waals surface area contributed by atoms with E-state index in [0.717, 1.165) is 18.4 Å². The molecule has 0 saturated carbocycles. The van der Waals surface area contributed by atoms with Gasteiger partial charge in [0.2, 0.25) is 10.0 Å². The number of anilines is 1. The van der Waals surface area contributed by atoms with Gasteiger partial charge in [0.05, 0.1) is 5.69 Å². The Labute approximate surface area is 121 Å². The summed E-state index contributed by atoms with van der Waals surface area (Å²) in [6, 6.07) is 5.38. The third-order valence-corrected chi connectivity index (χ3v) is 5.81. The van der Waals surface area contributed by atoms with Crippen molar-refractivity contribution in [2.45, 2.75) is 30.7 Å². The number of hydrogen-bond acceptors (Lipinski definition) is 4. The summed E-state index contributed by atoms with van der Waals surface area (Å²) in [5.74, 6) is 0. The van der Waals surface area contributed by atoms with E-state index in [1.807, 2.05) is 21.0 Å². The van der Waals surface area contributed by atoms with Crippen LogP contribution in [0.15, 0.2) is 23.1 Å². The lowest BCUT2D eigenvalue weighted by Gasteiger charge is -2.35. The van der Waals surface area contributed by atoms with Crippen molar-refractivity contribution in [3.63, 3.8) is 0 Å². The molecule has 112 valence electrons. The van der Waals surface area contributed by atoms with Gasteiger partial charge < -0.3 is 10.6 Å². The molecule has 0 amide bonds. The highest BCUT2D eigenvalue weighted by Gasteiger charge is 2.32. The van der Waals surface area contributed by atoms with Crippen LogP contribution in [0.25, 0.3) is 0 Å². The second kappa shape index (κ2) is 5.71. The minimum absolute atomic E-state index is 0.225. The van der Waals surface area contributed by atoms with Crippen LogP contribution in [-0.4, -0.2) is 50.8 Å². The van der Waals surface area contributed by atoms with Crippen molar-refractivity contribution in [3.05, 3.63) is 23.8 Å². The summed E-state index contributed by atoms with van der Waals surface area (Å²) in [5, 5.41) is 0. The molecular formula is C14H23N3O2S. The maximum atomic E-state index is 12.7. The lowest BCUT2D eigenvalue weighted by molar-refractivity contribution is 0.190. The topological polar surface area (TPSA) is 66.6 Å². The highest BCUT2D eigenvalue weighted by molar-refractivity contribution is 7.89. The lowest BCUT2D eigenvalue weighted by atomic mass is 10.1. The molecule has 1 aromatic rings. The zero-order valence-electron chi connectivity index (χ0n) is 12.3. The Balaban J connectivity index is 2.30. The molecule has 1 aliphatic rings. The molecule has 1 fully saturated rings. The molecule has 1 aliphatic heterocycles. The molecule has 0 bridgehead atoms. The molecule has 1 aromatic carbocycles. The van der Waals surface area contributed by atoms with Crippen LogP contribution >= 0.6 is 0 Å². The molecule has 1 saturated heterocycles. The number of nitrogen functional groups attached to an aromatic ring is 1. The van der Waals surface area contributed by atoms with Crippen molar-refractivity contribution in [2.24, 2.45) is 0 Å². The number of nitrogens with zero attached hydrogens (tertiary/aromatic N) is 2. The molecule has 2 rings (SSSR count). The summed E-state index contributed by atoms with van der Waals surface area (Å²) in [6.45, 7) is 3.00. The third-order valence-electron chi connectivity index (χ3n) is 3.87. The predicted octanol–water partition coefficient (Wildman–Crippen LogP) is 1.29. The molecule has 6 heteroatoms. The van der Waals surface area contributed by atoms with Crippen LogP contribution < -0.4 is 5.73 Å². The van der Waals surface area contributed by atoms with Gasteiger partial charge in [0.25, 0.3) is 0 Å². The zero-order chi connectivity index (χ0) is 14.9. The van der Waals surface area contributed by atoms with Gasteiger partial charge in [-0.1, -0.05) is 6.07 Å². The number of sulfonamides is 1. The van der Waals surface area contributed by atoms with Crippen molar-refractivity contribution in [1.82, 2.24) is 9.21 Å². The first kappa shape index (κ1) is 15.3. The van der Waals surface area contributed by atoms with Gasteiger partial charge in [-0.25, -0.2) is 8.42 Å². The summed E-state index contributed by atoms with van der Waals surface area (Å²) in [7, 11) is 0.480. The van der Waals surface area contributed by atoms with E-state index in [4.69, 9.17) is 5.73 Å². The van der Waals surface area contributed by atoms with E-state index in [0.29, 0.717) is 18.8 Å². The summed E-state index contributed by atoms with van der Waals surface area (Å²) < 4.78 is 27.0. The first-order valence-electron chi connectivity index (χ1n) is 6.85. The van der Waals surface area contributed by atoms with E-state index >= 15 is 0 Å². The molecule has 0 aromatic heterocycles. The molecule has 0 aliphatic carbocycles. The zero-order valence-corrected chi connectivity index (χ0v) is 13.2.